The molecule has 0 spiro atoms. The summed E-state index contributed by atoms with van der Waals surface area (Å²) in [5, 5.41) is 4.58. The number of piperidine rings is 1. The Balaban J connectivity index is 1.62. The van der Waals surface area contributed by atoms with Gasteiger partial charge in [-0.3, -0.25) is 9.48 Å². The molecule has 0 radical (unpaired) electrons. The molecule has 2 unspecified atom stereocenters. The van der Waals surface area contributed by atoms with Crippen LogP contribution in [0.2, 0.25) is 0 Å². The molecule has 3 heterocycles. The minimum absolute atomic E-state index is 0.145. The van der Waals surface area contributed by atoms with E-state index in [-0.39, 0.29) is 12.0 Å². The first-order valence-electron chi connectivity index (χ1n) is 8.05. The number of carbonyl (C=O) groups is 1. The second-order valence-corrected chi connectivity index (χ2v) is 6.35. The standard InChI is InChI=1S/C16H25N3O2/c1-12-9-13(2)19(17-12)14-5-3-7-18(11-14)16(20)10-15-6-4-8-21-15/h9,14-15H,3-8,10-11H2,1-2H3. The number of rotatable bonds is 3. The van der Waals surface area contributed by atoms with Crippen molar-refractivity contribution >= 4 is 5.91 Å². The van der Waals surface area contributed by atoms with Crippen LogP contribution in [0.15, 0.2) is 6.07 Å². The van der Waals surface area contributed by atoms with Crippen molar-refractivity contribution in [3.63, 3.8) is 0 Å². The first-order valence-corrected chi connectivity index (χ1v) is 8.05. The lowest BCUT2D eigenvalue weighted by atomic mass is 10.0. The maximum absolute atomic E-state index is 12.4. The third-order valence-electron chi connectivity index (χ3n) is 4.57. The molecule has 0 saturated carbocycles. The number of likely N-dealkylation sites (tertiary alicyclic amines) is 1. The van der Waals surface area contributed by atoms with Crippen LogP contribution >= 0.6 is 0 Å². The van der Waals surface area contributed by atoms with E-state index in [4.69, 9.17) is 4.74 Å². The van der Waals surface area contributed by atoms with Gasteiger partial charge in [-0.2, -0.15) is 5.10 Å². The Morgan fingerprint density at radius 2 is 2.24 bits per heavy atom. The lowest BCUT2D eigenvalue weighted by Crippen LogP contribution is -2.42. The van der Waals surface area contributed by atoms with E-state index in [1.807, 2.05) is 11.8 Å². The van der Waals surface area contributed by atoms with Crippen LogP contribution in [0, 0.1) is 13.8 Å². The summed E-state index contributed by atoms with van der Waals surface area (Å²) >= 11 is 0. The topological polar surface area (TPSA) is 47.4 Å². The largest absolute Gasteiger partial charge is 0.378 e. The third-order valence-corrected chi connectivity index (χ3v) is 4.57. The van der Waals surface area contributed by atoms with Crippen LogP contribution in [0.5, 0.6) is 0 Å². The van der Waals surface area contributed by atoms with Gasteiger partial charge in [-0.25, -0.2) is 0 Å². The molecule has 1 aromatic heterocycles. The first-order chi connectivity index (χ1) is 10.1. The van der Waals surface area contributed by atoms with E-state index in [1.54, 1.807) is 0 Å². The van der Waals surface area contributed by atoms with Crippen molar-refractivity contribution in [2.24, 2.45) is 0 Å². The van der Waals surface area contributed by atoms with Gasteiger partial charge in [0.2, 0.25) is 5.91 Å². The van der Waals surface area contributed by atoms with E-state index in [1.165, 1.54) is 5.69 Å². The molecule has 0 aliphatic carbocycles. The summed E-state index contributed by atoms with van der Waals surface area (Å²) in [6.45, 7) is 6.58. The number of hydrogen-bond donors (Lipinski definition) is 0. The third kappa shape index (κ3) is 3.28. The zero-order valence-electron chi connectivity index (χ0n) is 13.0. The predicted molar refractivity (Wildman–Crippen MR) is 80.1 cm³/mol. The summed E-state index contributed by atoms with van der Waals surface area (Å²) < 4.78 is 7.68. The van der Waals surface area contributed by atoms with Crippen molar-refractivity contribution in [2.75, 3.05) is 19.7 Å². The highest BCUT2D eigenvalue weighted by atomic mass is 16.5. The summed E-state index contributed by atoms with van der Waals surface area (Å²) in [5.41, 5.74) is 2.24. The van der Waals surface area contributed by atoms with Gasteiger partial charge in [0.05, 0.1) is 24.3 Å². The van der Waals surface area contributed by atoms with Gasteiger partial charge in [0.15, 0.2) is 0 Å². The van der Waals surface area contributed by atoms with Crippen LogP contribution < -0.4 is 0 Å². The fourth-order valence-electron chi connectivity index (χ4n) is 3.53. The lowest BCUT2D eigenvalue weighted by Gasteiger charge is -2.34. The van der Waals surface area contributed by atoms with Crippen LogP contribution in [0.1, 0.15) is 49.5 Å². The van der Waals surface area contributed by atoms with Gasteiger partial charge in [-0.05, 0) is 45.6 Å². The zero-order valence-corrected chi connectivity index (χ0v) is 13.0. The highest BCUT2D eigenvalue weighted by Gasteiger charge is 2.28. The summed E-state index contributed by atoms with van der Waals surface area (Å²) in [6, 6.07) is 2.42. The molecule has 1 amide bonds. The maximum atomic E-state index is 12.4. The number of carbonyl (C=O) groups excluding carboxylic acids is 1. The molecule has 0 N–H and O–H groups in total. The average Bonchev–Trinajstić information content (AvgIpc) is 3.08. The van der Waals surface area contributed by atoms with E-state index in [0.717, 1.165) is 51.1 Å². The van der Waals surface area contributed by atoms with E-state index in [0.29, 0.717) is 12.5 Å². The number of nitrogens with zero attached hydrogens (tertiary/aromatic N) is 3. The number of aryl methyl sites for hydroxylation is 2. The van der Waals surface area contributed by atoms with Gasteiger partial charge < -0.3 is 9.64 Å². The van der Waals surface area contributed by atoms with E-state index in [9.17, 15) is 4.79 Å². The predicted octanol–water partition coefficient (Wildman–Crippen LogP) is 2.23. The summed E-state index contributed by atoms with van der Waals surface area (Å²) in [5.74, 6) is 0.244. The van der Waals surface area contributed by atoms with Crippen molar-refractivity contribution in [1.82, 2.24) is 14.7 Å². The second kappa shape index (κ2) is 6.18. The Hall–Kier alpha value is -1.36. The molecule has 2 saturated heterocycles. The molecular weight excluding hydrogens is 266 g/mol. The number of ether oxygens (including phenoxy) is 1. The van der Waals surface area contributed by atoms with Crippen molar-refractivity contribution in [2.45, 2.75) is 58.1 Å². The average molecular weight is 291 g/mol. The van der Waals surface area contributed by atoms with E-state index < -0.39 is 0 Å². The number of aromatic nitrogens is 2. The summed E-state index contributed by atoms with van der Waals surface area (Å²) in [4.78, 5) is 14.4. The summed E-state index contributed by atoms with van der Waals surface area (Å²) in [6.07, 6.45) is 4.97. The van der Waals surface area contributed by atoms with Gasteiger partial charge >= 0.3 is 0 Å². The van der Waals surface area contributed by atoms with E-state index in [2.05, 4.69) is 22.8 Å². The quantitative estimate of drug-likeness (QED) is 0.858. The minimum Gasteiger partial charge on any atom is -0.378 e. The normalized spacial score (nSPS) is 26.3. The fraction of sp³-hybridized carbons (Fsp3) is 0.750. The molecular formula is C16H25N3O2. The van der Waals surface area contributed by atoms with Gasteiger partial charge in [0, 0.05) is 25.4 Å². The van der Waals surface area contributed by atoms with Crippen LogP contribution in [-0.2, 0) is 9.53 Å². The second-order valence-electron chi connectivity index (χ2n) is 6.35. The smallest absolute Gasteiger partial charge is 0.225 e. The van der Waals surface area contributed by atoms with Gasteiger partial charge in [-0.15, -0.1) is 0 Å². The van der Waals surface area contributed by atoms with Crippen LogP contribution in [-0.4, -0.2) is 46.4 Å². The van der Waals surface area contributed by atoms with Crippen molar-refractivity contribution in [3.05, 3.63) is 17.5 Å². The van der Waals surface area contributed by atoms with Gasteiger partial charge in [-0.1, -0.05) is 0 Å². The molecule has 2 atom stereocenters. The molecule has 2 aliphatic rings. The lowest BCUT2D eigenvalue weighted by molar-refractivity contribution is -0.135. The van der Waals surface area contributed by atoms with Crippen molar-refractivity contribution in [1.29, 1.82) is 0 Å². The Labute approximate surface area is 126 Å². The molecule has 1 aromatic rings. The highest BCUT2D eigenvalue weighted by molar-refractivity contribution is 5.76. The molecule has 2 fully saturated rings. The highest BCUT2D eigenvalue weighted by Crippen LogP contribution is 2.24. The van der Waals surface area contributed by atoms with Crippen LogP contribution in [0.3, 0.4) is 0 Å². The van der Waals surface area contributed by atoms with Crippen molar-refractivity contribution in [3.8, 4) is 0 Å². The fourth-order valence-corrected chi connectivity index (χ4v) is 3.53. The molecule has 21 heavy (non-hydrogen) atoms. The molecule has 116 valence electrons. The zero-order chi connectivity index (χ0) is 14.8. The molecule has 5 heteroatoms. The summed E-state index contributed by atoms with van der Waals surface area (Å²) in [7, 11) is 0. The Kier molecular flexibility index (Phi) is 4.29. The Morgan fingerprint density at radius 3 is 2.90 bits per heavy atom. The molecule has 0 aromatic carbocycles. The van der Waals surface area contributed by atoms with Crippen molar-refractivity contribution < 1.29 is 9.53 Å². The number of amides is 1. The van der Waals surface area contributed by atoms with Crippen LogP contribution in [0.25, 0.3) is 0 Å². The van der Waals surface area contributed by atoms with Crippen LogP contribution in [0.4, 0.5) is 0 Å². The molecule has 5 nitrogen and oxygen atoms in total. The minimum atomic E-state index is 0.145. The van der Waals surface area contributed by atoms with E-state index >= 15 is 0 Å². The SMILES string of the molecule is Cc1cc(C)n(C2CCCN(C(=O)CC3CCCO3)C2)n1. The van der Waals surface area contributed by atoms with Gasteiger partial charge in [0.1, 0.15) is 0 Å². The Morgan fingerprint density at radius 1 is 1.38 bits per heavy atom. The first kappa shape index (κ1) is 14.6. The number of hydrogen-bond acceptors (Lipinski definition) is 3. The Bertz CT molecular complexity index is 506. The maximum Gasteiger partial charge on any atom is 0.225 e. The molecule has 3 rings (SSSR count). The monoisotopic (exact) mass is 291 g/mol. The molecule has 0 bridgehead atoms. The molecule has 2 aliphatic heterocycles. The van der Waals surface area contributed by atoms with Gasteiger partial charge in [0.25, 0.3) is 0 Å².